The van der Waals surface area contributed by atoms with Gasteiger partial charge in [-0.3, -0.25) is 19.3 Å². The Morgan fingerprint density at radius 2 is 1.84 bits per heavy atom. The number of amides is 1. The highest BCUT2D eigenvalue weighted by molar-refractivity contribution is 6.31. The number of hydrogen-bond donors (Lipinski definition) is 2. The predicted octanol–water partition coefficient (Wildman–Crippen LogP) is 5.07. The number of aryl methyl sites for hydroxylation is 1. The highest BCUT2D eigenvalue weighted by Crippen LogP contribution is 2.28. The topological polar surface area (TPSA) is 141 Å². The van der Waals surface area contributed by atoms with Crippen LogP contribution in [0.2, 0.25) is 5.02 Å². The molecule has 5 aromatic rings. The number of nitrogens with zero attached hydrogens (tertiary/aromatic N) is 6. The Morgan fingerprint density at radius 1 is 1.05 bits per heavy atom. The minimum atomic E-state index is -0.520. The molecule has 0 spiro atoms. The molecule has 0 fully saturated rings. The Morgan fingerprint density at radius 3 is 2.55 bits per heavy atom. The number of nitrogens with one attached hydrogen (secondary N) is 2. The third-order valence-corrected chi connectivity index (χ3v) is 7.41. The Hall–Kier alpha value is -4.90. The Kier molecular flexibility index (Phi) is 10.1. The van der Waals surface area contributed by atoms with Crippen LogP contribution in [0, 0.1) is 0 Å². The molecule has 2 N–H and O–H groups in total. The van der Waals surface area contributed by atoms with E-state index in [9.17, 15) is 9.59 Å². The zero-order valence-corrected chi connectivity index (χ0v) is 25.3. The Balaban J connectivity index is 1.33. The van der Waals surface area contributed by atoms with Crippen molar-refractivity contribution >= 4 is 23.5 Å². The van der Waals surface area contributed by atoms with Crippen LogP contribution in [0.3, 0.4) is 0 Å². The van der Waals surface area contributed by atoms with Crippen molar-refractivity contribution in [2.75, 3.05) is 6.61 Å². The van der Waals surface area contributed by atoms with Crippen molar-refractivity contribution in [3.63, 3.8) is 0 Å². The lowest BCUT2D eigenvalue weighted by Crippen LogP contribution is -2.38. The molecule has 2 aromatic carbocycles. The number of pyridine rings is 1. The molecule has 0 aliphatic carbocycles. The second kappa shape index (κ2) is 14.5. The van der Waals surface area contributed by atoms with Gasteiger partial charge in [-0.2, -0.15) is 5.10 Å². The zero-order valence-electron chi connectivity index (χ0n) is 24.5. The van der Waals surface area contributed by atoms with E-state index in [1.165, 1.54) is 0 Å². The summed E-state index contributed by atoms with van der Waals surface area (Å²) in [5, 5.41) is 22.4. The van der Waals surface area contributed by atoms with Gasteiger partial charge in [-0.05, 0) is 59.5 Å². The van der Waals surface area contributed by atoms with E-state index in [1.807, 2.05) is 59.3 Å². The van der Waals surface area contributed by atoms with Gasteiger partial charge >= 0.3 is 5.97 Å². The third kappa shape index (κ3) is 7.54. The number of carbonyl (C=O) groups excluding carboxylic acids is 2. The minimum absolute atomic E-state index is 0.0153. The molecular formula is C32H33ClN8O3. The summed E-state index contributed by atoms with van der Waals surface area (Å²) in [6, 6.07) is 20.4. The van der Waals surface area contributed by atoms with E-state index in [-0.39, 0.29) is 24.6 Å². The second-order valence-corrected chi connectivity index (χ2v) is 10.7. The average Bonchev–Trinajstić information content (AvgIpc) is 3.70. The summed E-state index contributed by atoms with van der Waals surface area (Å²) < 4.78 is 6.98. The predicted molar refractivity (Wildman–Crippen MR) is 166 cm³/mol. The number of rotatable bonds is 13. The number of carbonyl (C=O) groups is 2. The van der Waals surface area contributed by atoms with Crippen LogP contribution < -0.4 is 5.32 Å². The maximum Gasteiger partial charge on any atom is 0.307 e. The monoisotopic (exact) mass is 612 g/mol. The highest BCUT2D eigenvalue weighted by atomic mass is 35.5. The second-order valence-electron chi connectivity index (χ2n) is 10.3. The van der Waals surface area contributed by atoms with Gasteiger partial charge in [0.15, 0.2) is 5.82 Å². The molecule has 11 nitrogen and oxygen atoms in total. The molecule has 5 rings (SSSR count). The number of aromatic amines is 1. The van der Waals surface area contributed by atoms with E-state index in [2.05, 4.69) is 38.0 Å². The van der Waals surface area contributed by atoms with Crippen LogP contribution in [0.4, 0.5) is 0 Å². The third-order valence-electron chi connectivity index (χ3n) is 7.04. The molecule has 0 saturated carbocycles. The van der Waals surface area contributed by atoms with Crippen LogP contribution in [0.1, 0.15) is 54.0 Å². The summed E-state index contributed by atoms with van der Waals surface area (Å²) in [6.07, 6.45) is 3.83. The minimum Gasteiger partial charge on any atom is -0.466 e. The molecule has 0 saturated heterocycles. The summed E-state index contributed by atoms with van der Waals surface area (Å²) in [5.41, 5.74) is 5.49. The van der Waals surface area contributed by atoms with Crippen LogP contribution in [-0.2, 0) is 28.9 Å². The number of tetrazole rings is 1. The van der Waals surface area contributed by atoms with Gasteiger partial charge in [0, 0.05) is 34.1 Å². The van der Waals surface area contributed by atoms with E-state index in [0.29, 0.717) is 23.8 Å². The van der Waals surface area contributed by atoms with E-state index in [1.54, 1.807) is 25.3 Å². The van der Waals surface area contributed by atoms with Crippen molar-refractivity contribution in [1.29, 1.82) is 0 Å². The van der Waals surface area contributed by atoms with Gasteiger partial charge in [-0.25, -0.2) is 5.10 Å². The average molecular weight is 613 g/mol. The first-order chi connectivity index (χ1) is 21.4. The van der Waals surface area contributed by atoms with Crippen LogP contribution in [0.5, 0.6) is 0 Å². The number of hydrogen-bond acceptors (Lipinski definition) is 8. The summed E-state index contributed by atoms with van der Waals surface area (Å²) in [7, 11) is 0. The SMILES string of the molecule is CCCc1cc(C(=O)N[C@@H](CC(=O)OCC)Cc2ccccc2Cl)nn1Cc1ccc(-c2ccccc2-c2nnn[nH]2)nc1. The van der Waals surface area contributed by atoms with Gasteiger partial charge in [0.25, 0.3) is 5.91 Å². The fourth-order valence-electron chi connectivity index (χ4n) is 4.98. The maximum atomic E-state index is 13.4. The summed E-state index contributed by atoms with van der Waals surface area (Å²) in [5.74, 6) is -0.193. The molecule has 1 atom stereocenters. The Bertz CT molecular complexity index is 1700. The highest BCUT2D eigenvalue weighted by Gasteiger charge is 2.22. The number of benzene rings is 2. The fourth-order valence-corrected chi connectivity index (χ4v) is 5.19. The van der Waals surface area contributed by atoms with Gasteiger partial charge in [-0.15, -0.1) is 5.10 Å². The van der Waals surface area contributed by atoms with Crippen LogP contribution in [0.15, 0.2) is 72.9 Å². The molecule has 0 aliphatic heterocycles. The summed E-state index contributed by atoms with van der Waals surface area (Å²) in [6.45, 7) is 4.53. The number of halogens is 1. The first kappa shape index (κ1) is 30.6. The van der Waals surface area contributed by atoms with Gasteiger partial charge in [0.2, 0.25) is 0 Å². The van der Waals surface area contributed by atoms with Crippen molar-refractivity contribution in [2.45, 2.75) is 52.1 Å². The van der Waals surface area contributed by atoms with Gasteiger partial charge in [-0.1, -0.05) is 73.5 Å². The molecule has 12 heteroatoms. The largest absolute Gasteiger partial charge is 0.466 e. The van der Waals surface area contributed by atoms with Crippen LogP contribution in [-0.4, -0.2) is 59.9 Å². The van der Waals surface area contributed by atoms with Crippen molar-refractivity contribution < 1.29 is 14.3 Å². The van der Waals surface area contributed by atoms with Crippen LogP contribution in [0.25, 0.3) is 22.6 Å². The van der Waals surface area contributed by atoms with Gasteiger partial charge in [0.1, 0.15) is 5.69 Å². The zero-order chi connectivity index (χ0) is 30.9. The first-order valence-corrected chi connectivity index (χ1v) is 14.9. The fraction of sp³-hybridized carbons (Fsp3) is 0.281. The van der Waals surface area contributed by atoms with Crippen molar-refractivity contribution in [3.05, 3.63) is 100 Å². The van der Waals surface area contributed by atoms with Gasteiger partial charge < -0.3 is 10.1 Å². The standard InChI is InChI=1S/C32H33ClN8O3/c1-3-9-24-18-29(32(43)35-23(17-30(42)44-4-2)16-22-10-5-8-13-27(22)33)38-41(24)20-21-14-15-28(34-19-21)25-11-6-7-12-26(25)31-36-39-40-37-31/h5-8,10-15,18-19,23H,3-4,9,16-17,20H2,1-2H3,(H,35,43)(H,36,37,39,40)/t23-/m1/s1. The normalized spacial score (nSPS) is 11.7. The molecule has 3 aromatic heterocycles. The molecule has 3 heterocycles. The molecule has 44 heavy (non-hydrogen) atoms. The van der Waals surface area contributed by atoms with E-state index >= 15 is 0 Å². The number of ether oxygens (including phenoxy) is 1. The molecule has 1 amide bonds. The van der Waals surface area contributed by atoms with E-state index in [0.717, 1.165) is 46.5 Å². The molecule has 0 radical (unpaired) electrons. The molecule has 226 valence electrons. The van der Waals surface area contributed by atoms with Crippen molar-refractivity contribution in [3.8, 4) is 22.6 Å². The maximum absolute atomic E-state index is 13.4. The smallest absolute Gasteiger partial charge is 0.307 e. The number of aromatic nitrogens is 7. The van der Waals surface area contributed by atoms with Crippen LogP contribution >= 0.6 is 11.6 Å². The first-order valence-electron chi connectivity index (χ1n) is 14.5. The lowest BCUT2D eigenvalue weighted by molar-refractivity contribution is -0.143. The van der Waals surface area contributed by atoms with Crippen molar-refractivity contribution in [1.82, 2.24) is 40.7 Å². The Labute approximate surface area is 260 Å². The summed E-state index contributed by atoms with van der Waals surface area (Å²) >= 11 is 6.37. The number of esters is 1. The van der Waals surface area contributed by atoms with E-state index < -0.39 is 12.0 Å². The molecule has 0 unspecified atom stereocenters. The molecule has 0 bridgehead atoms. The van der Waals surface area contributed by atoms with E-state index in [4.69, 9.17) is 21.3 Å². The molecule has 0 aliphatic rings. The van der Waals surface area contributed by atoms with Gasteiger partial charge in [0.05, 0.1) is 25.3 Å². The number of H-pyrrole nitrogens is 1. The summed E-state index contributed by atoms with van der Waals surface area (Å²) in [4.78, 5) is 30.5. The molecular weight excluding hydrogens is 580 g/mol. The lowest BCUT2D eigenvalue weighted by Gasteiger charge is -2.18. The lowest BCUT2D eigenvalue weighted by atomic mass is 10.0. The quantitative estimate of drug-likeness (QED) is 0.176. The van der Waals surface area contributed by atoms with Crippen molar-refractivity contribution in [2.24, 2.45) is 0 Å².